The van der Waals surface area contributed by atoms with Gasteiger partial charge in [-0.2, -0.15) is 9.37 Å². The van der Waals surface area contributed by atoms with Crippen molar-refractivity contribution in [3.8, 4) is 5.88 Å². The number of hydrogen-bond donors (Lipinski definition) is 1. The van der Waals surface area contributed by atoms with E-state index in [0.717, 1.165) is 19.2 Å². The second-order valence-electron chi connectivity index (χ2n) is 4.32. The third-order valence-corrected chi connectivity index (χ3v) is 3.06. The lowest BCUT2D eigenvalue weighted by Gasteiger charge is -2.31. The fourth-order valence-corrected chi connectivity index (χ4v) is 2.00. The zero-order valence-electron chi connectivity index (χ0n) is 9.90. The van der Waals surface area contributed by atoms with Gasteiger partial charge in [-0.25, -0.2) is 4.98 Å². The van der Waals surface area contributed by atoms with Crippen molar-refractivity contribution >= 4 is 5.95 Å². The minimum atomic E-state index is -0.572. The van der Waals surface area contributed by atoms with Gasteiger partial charge in [0.05, 0.1) is 6.20 Å². The quantitative estimate of drug-likeness (QED) is 0.856. The fraction of sp³-hybridized carbons (Fsp3) is 0.636. The van der Waals surface area contributed by atoms with Gasteiger partial charge in [0.25, 0.3) is 5.88 Å². The third-order valence-electron chi connectivity index (χ3n) is 3.06. The average Bonchev–Trinajstić information content (AvgIpc) is 2.32. The van der Waals surface area contributed by atoms with Crippen molar-refractivity contribution in [3.05, 3.63) is 12.0 Å². The molecule has 0 saturated carbocycles. The highest BCUT2D eigenvalue weighted by Crippen LogP contribution is 2.18. The Morgan fingerprint density at radius 3 is 3.18 bits per heavy atom. The van der Waals surface area contributed by atoms with Crippen LogP contribution in [0.15, 0.2) is 6.20 Å². The molecule has 6 heteroatoms. The van der Waals surface area contributed by atoms with Crippen LogP contribution in [0.1, 0.15) is 19.3 Å². The maximum atomic E-state index is 13.3. The molecule has 0 radical (unpaired) electrons. The molecule has 2 rings (SSSR count). The molecule has 5 nitrogen and oxygen atoms in total. The molecule has 1 aromatic rings. The molecule has 1 unspecified atom stereocenters. The lowest BCUT2D eigenvalue weighted by atomic mass is 10.0. The van der Waals surface area contributed by atoms with Crippen LogP contribution >= 0.6 is 0 Å². The molecule has 1 aliphatic heterocycles. The molecule has 0 amide bonds. The Bertz CT molecular complexity index is 388. The van der Waals surface area contributed by atoms with Gasteiger partial charge in [-0.3, -0.25) is 0 Å². The predicted octanol–water partition coefficient (Wildman–Crippen LogP) is 1.06. The molecule has 0 spiro atoms. The Hall–Kier alpha value is -1.43. The smallest absolute Gasteiger partial charge is 0.255 e. The summed E-state index contributed by atoms with van der Waals surface area (Å²) in [6, 6.07) is 0.319. The zero-order chi connectivity index (χ0) is 12.3. The van der Waals surface area contributed by atoms with Crippen LogP contribution in [0.2, 0.25) is 0 Å². The number of anilines is 1. The normalized spacial score (nSPS) is 21.4. The summed E-state index contributed by atoms with van der Waals surface area (Å²) in [6.45, 7) is 1.49. The maximum Gasteiger partial charge on any atom is 0.255 e. The van der Waals surface area contributed by atoms with Gasteiger partial charge in [-0.1, -0.05) is 6.42 Å². The summed E-state index contributed by atoms with van der Waals surface area (Å²) in [5.74, 6) is -0.604. The standard InChI is InChI=1S/C11H17FN4O/c1-16-5-3-2-4-8(16)7-17-10-9(12)6-14-11(13)15-10/h6,8H,2-5,7H2,1H3,(H2,13,14,15). The summed E-state index contributed by atoms with van der Waals surface area (Å²) in [4.78, 5) is 9.51. The number of aromatic nitrogens is 2. The van der Waals surface area contributed by atoms with Gasteiger partial charge in [-0.05, 0) is 26.4 Å². The topological polar surface area (TPSA) is 64.3 Å². The molecule has 2 heterocycles. The summed E-state index contributed by atoms with van der Waals surface area (Å²) in [7, 11) is 2.05. The van der Waals surface area contributed by atoms with E-state index in [1.165, 1.54) is 12.8 Å². The van der Waals surface area contributed by atoms with Crippen molar-refractivity contribution in [2.24, 2.45) is 0 Å². The molecule has 1 aromatic heterocycles. The summed E-state index contributed by atoms with van der Waals surface area (Å²) in [5.41, 5.74) is 5.38. The largest absolute Gasteiger partial charge is 0.474 e. The number of nitrogens with two attached hydrogens (primary N) is 1. The lowest BCUT2D eigenvalue weighted by molar-refractivity contribution is 0.120. The summed E-state index contributed by atoms with van der Waals surface area (Å²) in [5, 5.41) is 0. The second-order valence-corrected chi connectivity index (χ2v) is 4.32. The summed E-state index contributed by atoms with van der Waals surface area (Å²) < 4.78 is 18.7. The van der Waals surface area contributed by atoms with Gasteiger partial charge in [0.1, 0.15) is 6.61 Å². The van der Waals surface area contributed by atoms with E-state index >= 15 is 0 Å². The van der Waals surface area contributed by atoms with E-state index in [9.17, 15) is 4.39 Å². The SMILES string of the molecule is CN1CCCCC1COc1nc(N)ncc1F. The van der Waals surface area contributed by atoms with Gasteiger partial charge in [0, 0.05) is 6.04 Å². The van der Waals surface area contributed by atoms with E-state index < -0.39 is 5.82 Å². The summed E-state index contributed by atoms with van der Waals surface area (Å²) >= 11 is 0. The molecule has 1 aliphatic rings. The van der Waals surface area contributed by atoms with Crippen molar-refractivity contribution in [2.75, 3.05) is 25.9 Å². The van der Waals surface area contributed by atoms with Crippen LogP contribution in [-0.4, -0.2) is 41.1 Å². The zero-order valence-corrected chi connectivity index (χ0v) is 9.90. The van der Waals surface area contributed by atoms with E-state index in [1.54, 1.807) is 0 Å². The maximum absolute atomic E-state index is 13.3. The molecule has 0 aliphatic carbocycles. The van der Waals surface area contributed by atoms with Gasteiger partial charge >= 0.3 is 0 Å². The van der Waals surface area contributed by atoms with Crippen LogP contribution < -0.4 is 10.5 Å². The van der Waals surface area contributed by atoms with Gasteiger partial charge < -0.3 is 15.4 Å². The first-order valence-corrected chi connectivity index (χ1v) is 5.78. The lowest BCUT2D eigenvalue weighted by Crippen LogP contribution is -2.40. The molecule has 94 valence electrons. The van der Waals surface area contributed by atoms with Crippen LogP contribution in [0, 0.1) is 5.82 Å². The fourth-order valence-electron chi connectivity index (χ4n) is 2.00. The van der Waals surface area contributed by atoms with Crippen LogP contribution in [0.3, 0.4) is 0 Å². The first kappa shape index (κ1) is 12.0. The van der Waals surface area contributed by atoms with Crippen molar-refractivity contribution in [2.45, 2.75) is 25.3 Å². The summed E-state index contributed by atoms with van der Waals surface area (Å²) in [6.07, 6.45) is 4.50. The van der Waals surface area contributed by atoms with Crippen LogP contribution in [0.5, 0.6) is 5.88 Å². The first-order chi connectivity index (χ1) is 8.16. The van der Waals surface area contributed by atoms with E-state index in [4.69, 9.17) is 10.5 Å². The molecule has 2 N–H and O–H groups in total. The number of ether oxygens (including phenoxy) is 1. The Labute approximate surface area is 99.8 Å². The minimum absolute atomic E-state index is 0.0263. The van der Waals surface area contributed by atoms with E-state index in [2.05, 4.69) is 21.9 Å². The van der Waals surface area contributed by atoms with Crippen LogP contribution in [0.4, 0.5) is 10.3 Å². The van der Waals surface area contributed by atoms with E-state index in [-0.39, 0.29) is 11.8 Å². The molecular formula is C11H17FN4O. The van der Waals surface area contributed by atoms with Crippen molar-refractivity contribution in [3.63, 3.8) is 0 Å². The highest BCUT2D eigenvalue weighted by molar-refractivity contribution is 5.22. The predicted molar refractivity (Wildman–Crippen MR) is 62.2 cm³/mol. The number of likely N-dealkylation sites (N-methyl/N-ethyl adjacent to an activating group) is 1. The molecule has 1 saturated heterocycles. The highest BCUT2D eigenvalue weighted by Gasteiger charge is 2.20. The number of halogens is 1. The van der Waals surface area contributed by atoms with Crippen molar-refractivity contribution in [1.29, 1.82) is 0 Å². The monoisotopic (exact) mass is 240 g/mol. The molecule has 0 bridgehead atoms. The molecule has 1 atom stereocenters. The van der Waals surface area contributed by atoms with E-state index in [0.29, 0.717) is 12.6 Å². The second kappa shape index (κ2) is 5.27. The number of likely N-dealkylation sites (tertiary alicyclic amines) is 1. The molecule has 0 aromatic carbocycles. The average molecular weight is 240 g/mol. The number of nitrogens with zero attached hydrogens (tertiary/aromatic N) is 3. The number of hydrogen-bond acceptors (Lipinski definition) is 5. The Morgan fingerprint density at radius 2 is 2.41 bits per heavy atom. The first-order valence-electron chi connectivity index (χ1n) is 5.78. The number of nitrogen functional groups attached to an aromatic ring is 1. The van der Waals surface area contributed by atoms with Crippen molar-refractivity contribution < 1.29 is 9.13 Å². The Kier molecular flexibility index (Phi) is 3.73. The third kappa shape index (κ3) is 3.03. The molecule has 17 heavy (non-hydrogen) atoms. The van der Waals surface area contributed by atoms with Gasteiger partial charge in [0.15, 0.2) is 0 Å². The van der Waals surface area contributed by atoms with E-state index in [1.807, 2.05) is 0 Å². The Balaban J connectivity index is 1.94. The van der Waals surface area contributed by atoms with Gasteiger partial charge in [-0.15, -0.1) is 0 Å². The number of piperidine rings is 1. The van der Waals surface area contributed by atoms with Crippen LogP contribution in [0.25, 0.3) is 0 Å². The van der Waals surface area contributed by atoms with Crippen molar-refractivity contribution in [1.82, 2.24) is 14.9 Å². The van der Waals surface area contributed by atoms with Gasteiger partial charge in [0.2, 0.25) is 11.8 Å². The Morgan fingerprint density at radius 1 is 1.59 bits per heavy atom. The molecular weight excluding hydrogens is 223 g/mol. The number of rotatable bonds is 3. The minimum Gasteiger partial charge on any atom is -0.474 e. The highest BCUT2D eigenvalue weighted by atomic mass is 19.1. The molecule has 1 fully saturated rings. The van der Waals surface area contributed by atoms with Crippen LogP contribution in [-0.2, 0) is 0 Å².